The van der Waals surface area contributed by atoms with Crippen LogP contribution in [0.1, 0.15) is 0 Å². The average molecular weight is 197 g/mol. The van der Waals surface area contributed by atoms with Crippen LogP contribution in [-0.4, -0.2) is 16.1 Å². The SMILES string of the molecule is [C-]#[N+]CCn1ccnc1-c1ccccc1. The molecule has 74 valence electrons. The number of hydrogen-bond acceptors (Lipinski definition) is 1. The van der Waals surface area contributed by atoms with Gasteiger partial charge in [-0.15, -0.1) is 0 Å². The van der Waals surface area contributed by atoms with Gasteiger partial charge in [0, 0.05) is 18.0 Å². The number of hydrogen-bond donors (Lipinski definition) is 0. The summed E-state index contributed by atoms with van der Waals surface area (Å²) >= 11 is 0. The Morgan fingerprint density at radius 2 is 2.07 bits per heavy atom. The van der Waals surface area contributed by atoms with Gasteiger partial charge in [0.1, 0.15) is 5.82 Å². The first-order valence-corrected chi connectivity index (χ1v) is 4.81. The van der Waals surface area contributed by atoms with Crippen LogP contribution in [0.3, 0.4) is 0 Å². The molecule has 0 N–H and O–H groups in total. The zero-order valence-electron chi connectivity index (χ0n) is 8.30. The molecule has 0 atom stereocenters. The van der Waals surface area contributed by atoms with Crippen LogP contribution in [0.4, 0.5) is 0 Å². The van der Waals surface area contributed by atoms with E-state index in [2.05, 4.69) is 9.83 Å². The van der Waals surface area contributed by atoms with Crippen molar-refractivity contribution in [3.8, 4) is 11.4 Å². The lowest BCUT2D eigenvalue weighted by Gasteiger charge is -2.03. The van der Waals surface area contributed by atoms with Crippen LogP contribution >= 0.6 is 0 Å². The molecular weight excluding hydrogens is 186 g/mol. The Morgan fingerprint density at radius 1 is 1.27 bits per heavy atom. The van der Waals surface area contributed by atoms with Crippen molar-refractivity contribution >= 4 is 0 Å². The van der Waals surface area contributed by atoms with Gasteiger partial charge < -0.3 is 9.41 Å². The summed E-state index contributed by atoms with van der Waals surface area (Å²) in [5.74, 6) is 0.930. The van der Waals surface area contributed by atoms with E-state index in [1.165, 1.54) is 0 Å². The summed E-state index contributed by atoms with van der Waals surface area (Å²) in [5.41, 5.74) is 1.09. The molecule has 1 heterocycles. The van der Waals surface area contributed by atoms with Crippen LogP contribution < -0.4 is 0 Å². The zero-order chi connectivity index (χ0) is 10.5. The van der Waals surface area contributed by atoms with Crippen LogP contribution in [0, 0.1) is 6.57 Å². The molecule has 0 aliphatic carbocycles. The van der Waals surface area contributed by atoms with Gasteiger partial charge in [-0.2, -0.15) is 0 Å². The molecule has 3 nitrogen and oxygen atoms in total. The van der Waals surface area contributed by atoms with Crippen LogP contribution in [0.2, 0.25) is 0 Å². The maximum absolute atomic E-state index is 6.77. The van der Waals surface area contributed by atoms with E-state index >= 15 is 0 Å². The summed E-state index contributed by atoms with van der Waals surface area (Å²) in [5, 5.41) is 0. The normalized spacial score (nSPS) is 9.80. The zero-order valence-corrected chi connectivity index (χ0v) is 8.30. The van der Waals surface area contributed by atoms with Crippen molar-refractivity contribution in [3.63, 3.8) is 0 Å². The van der Waals surface area contributed by atoms with Crippen molar-refractivity contribution in [2.45, 2.75) is 6.54 Å². The fourth-order valence-electron chi connectivity index (χ4n) is 1.49. The van der Waals surface area contributed by atoms with Gasteiger partial charge in [-0.3, -0.25) is 0 Å². The predicted octanol–water partition coefficient (Wildman–Crippen LogP) is 2.47. The number of rotatable bonds is 3. The van der Waals surface area contributed by atoms with E-state index < -0.39 is 0 Å². The third-order valence-electron chi connectivity index (χ3n) is 2.20. The maximum Gasteiger partial charge on any atom is 0.232 e. The highest BCUT2D eigenvalue weighted by atomic mass is 15.1. The third-order valence-corrected chi connectivity index (χ3v) is 2.20. The molecule has 1 aromatic heterocycles. The Labute approximate surface area is 88.8 Å². The first kappa shape index (κ1) is 9.47. The lowest BCUT2D eigenvalue weighted by molar-refractivity contribution is 0.752. The third kappa shape index (κ3) is 2.05. The lowest BCUT2D eigenvalue weighted by Crippen LogP contribution is -2.01. The molecule has 0 saturated carbocycles. The summed E-state index contributed by atoms with van der Waals surface area (Å²) in [4.78, 5) is 7.65. The first-order chi connectivity index (χ1) is 7.42. The molecule has 15 heavy (non-hydrogen) atoms. The van der Waals surface area contributed by atoms with Crippen molar-refractivity contribution < 1.29 is 0 Å². The number of imidazole rings is 1. The van der Waals surface area contributed by atoms with Crippen molar-refractivity contribution in [3.05, 3.63) is 54.1 Å². The van der Waals surface area contributed by atoms with Gasteiger partial charge >= 0.3 is 0 Å². The standard InChI is InChI=1S/C12H11N3/c1-13-7-9-15-10-8-14-12(15)11-5-3-2-4-6-11/h2-6,8,10H,7,9H2. The maximum atomic E-state index is 6.77. The number of benzene rings is 1. The second kappa shape index (κ2) is 4.43. The van der Waals surface area contributed by atoms with E-state index in [0.29, 0.717) is 13.1 Å². The van der Waals surface area contributed by atoms with Crippen molar-refractivity contribution in [1.29, 1.82) is 0 Å². The van der Waals surface area contributed by atoms with E-state index in [4.69, 9.17) is 6.57 Å². The predicted molar refractivity (Wildman–Crippen MR) is 59.1 cm³/mol. The van der Waals surface area contributed by atoms with Gasteiger partial charge in [-0.1, -0.05) is 30.3 Å². The molecule has 2 aromatic rings. The molecule has 3 heteroatoms. The van der Waals surface area contributed by atoms with Gasteiger partial charge in [0.2, 0.25) is 6.54 Å². The Morgan fingerprint density at radius 3 is 2.80 bits per heavy atom. The average Bonchev–Trinajstić information content (AvgIpc) is 2.75. The summed E-state index contributed by atoms with van der Waals surface area (Å²) < 4.78 is 2.01. The summed E-state index contributed by atoms with van der Waals surface area (Å²) in [6, 6.07) is 10.0. The van der Waals surface area contributed by atoms with Gasteiger partial charge in [-0.05, 0) is 0 Å². The van der Waals surface area contributed by atoms with E-state index in [0.717, 1.165) is 11.4 Å². The molecule has 0 amide bonds. The van der Waals surface area contributed by atoms with Gasteiger partial charge in [-0.25, -0.2) is 11.6 Å². The molecule has 0 aliphatic heterocycles. The van der Waals surface area contributed by atoms with Gasteiger partial charge in [0.05, 0.1) is 6.54 Å². The van der Waals surface area contributed by atoms with Crippen molar-refractivity contribution in [2.75, 3.05) is 6.54 Å². The molecule has 0 unspecified atom stereocenters. The van der Waals surface area contributed by atoms with Crippen molar-refractivity contribution in [1.82, 2.24) is 9.55 Å². The van der Waals surface area contributed by atoms with Crippen LogP contribution in [-0.2, 0) is 6.54 Å². The van der Waals surface area contributed by atoms with Crippen LogP contribution in [0.25, 0.3) is 16.2 Å². The highest BCUT2D eigenvalue weighted by Crippen LogP contribution is 2.16. The molecule has 0 bridgehead atoms. The molecule has 0 saturated heterocycles. The van der Waals surface area contributed by atoms with Gasteiger partial charge in [0.25, 0.3) is 0 Å². The van der Waals surface area contributed by atoms with Crippen LogP contribution in [0.15, 0.2) is 42.7 Å². The van der Waals surface area contributed by atoms with E-state index in [9.17, 15) is 0 Å². The number of aromatic nitrogens is 2. The molecule has 0 radical (unpaired) electrons. The quantitative estimate of drug-likeness (QED) is 0.693. The molecule has 0 aliphatic rings. The first-order valence-electron chi connectivity index (χ1n) is 4.81. The molecule has 2 rings (SSSR count). The van der Waals surface area contributed by atoms with E-state index in [-0.39, 0.29) is 0 Å². The minimum absolute atomic E-state index is 0.496. The Bertz CT molecular complexity index is 465. The molecular formula is C12H11N3. The van der Waals surface area contributed by atoms with Crippen molar-refractivity contribution in [2.24, 2.45) is 0 Å². The fraction of sp³-hybridized carbons (Fsp3) is 0.167. The lowest BCUT2D eigenvalue weighted by atomic mass is 10.2. The highest BCUT2D eigenvalue weighted by Gasteiger charge is 2.04. The monoisotopic (exact) mass is 197 g/mol. The van der Waals surface area contributed by atoms with Crippen LogP contribution in [0.5, 0.6) is 0 Å². The summed E-state index contributed by atoms with van der Waals surface area (Å²) in [7, 11) is 0. The van der Waals surface area contributed by atoms with Gasteiger partial charge in [0.15, 0.2) is 0 Å². The number of nitrogens with zero attached hydrogens (tertiary/aromatic N) is 3. The Kier molecular flexibility index (Phi) is 2.80. The fourth-order valence-corrected chi connectivity index (χ4v) is 1.49. The Hall–Kier alpha value is -2.08. The van der Waals surface area contributed by atoms with E-state index in [1.54, 1.807) is 6.20 Å². The largest absolute Gasteiger partial charge is 0.323 e. The van der Waals surface area contributed by atoms with E-state index in [1.807, 2.05) is 41.1 Å². The smallest absolute Gasteiger partial charge is 0.232 e. The highest BCUT2D eigenvalue weighted by molar-refractivity contribution is 5.55. The molecule has 0 spiro atoms. The second-order valence-electron chi connectivity index (χ2n) is 3.19. The second-order valence-corrected chi connectivity index (χ2v) is 3.19. The molecule has 0 fully saturated rings. The summed E-state index contributed by atoms with van der Waals surface area (Å²) in [6.45, 7) is 7.97. The topological polar surface area (TPSA) is 22.2 Å². The minimum Gasteiger partial charge on any atom is -0.323 e. The Balaban J connectivity index is 2.30. The minimum atomic E-state index is 0.496. The molecule has 1 aromatic carbocycles. The summed E-state index contributed by atoms with van der Waals surface area (Å²) in [6.07, 6.45) is 3.68.